The minimum atomic E-state index is 0.521. The van der Waals surface area contributed by atoms with Crippen molar-refractivity contribution in [2.45, 2.75) is 32.7 Å². The quantitative estimate of drug-likeness (QED) is 0.868. The lowest BCUT2D eigenvalue weighted by Crippen LogP contribution is -2.15. The Balaban J connectivity index is 2.83. The molecule has 1 nitrogen and oxygen atoms in total. The molecule has 0 saturated carbocycles. The minimum absolute atomic E-state index is 0.521. The van der Waals surface area contributed by atoms with E-state index in [1.165, 1.54) is 27.1 Å². The van der Waals surface area contributed by atoms with Crippen LogP contribution in [0.15, 0.2) is 9.85 Å². The first-order valence-corrected chi connectivity index (χ1v) is 6.23. The van der Waals surface area contributed by atoms with Crippen molar-refractivity contribution in [2.75, 3.05) is 7.05 Å². The highest BCUT2D eigenvalue weighted by Gasteiger charge is 2.12. The van der Waals surface area contributed by atoms with Gasteiger partial charge in [0.1, 0.15) is 0 Å². The molecule has 1 aromatic rings. The van der Waals surface area contributed by atoms with Crippen LogP contribution < -0.4 is 5.32 Å². The maximum Gasteiger partial charge on any atom is 0.0704 e. The van der Waals surface area contributed by atoms with E-state index in [0.29, 0.717) is 6.04 Å². The first-order chi connectivity index (χ1) is 6.19. The van der Waals surface area contributed by atoms with Crippen LogP contribution in [0.1, 0.15) is 36.2 Å². The number of hydrogen-bond acceptors (Lipinski definition) is 2. The molecule has 0 saturated heterocycles. The SMILES string of the molecule is CCCC(NC)c1cc(Br)sc1C. The van der Waals surface area contributed by atoms with Crippen molar-refractivity contribution in [2.24, 2.45) is 0 Å². The molecule has 0 spiro atoms. The highest BCUT2D eigenvalue weighted by molar-refractivity contribution is 9.11. The molecule has 0 aliphatic heterocycles. The van der Waals surface area contributed by atoms with Crippen LogP contribution in [0.25, 0.3) is 0 Å². The summed E-state index contributed by atoms with van der Waals surface area (Å²) in [5, 5.41) is 3.36. The Kier molecular flexibility index (Phi) is 4.42. The van der Waals surface area contributed by atoms with Crippen LogP contribution in [0.4, 0.5) is 0 Å². The van der Waals surface area contributed by atoms with Crippen molar-refractivity contribution in [3.05, 3.63) is 20.3 Å². The van der Waals surface area contributed by atoms with E-state index in [4.69, 9.17) is 0 Å². The van der Waals surface area contributed by atoms with Gasteiger partial charge in [0.15, 0.2) is 0 Å². The van der Waals surface area contributed by atoms with Crippen molar-refractivity contribution in [3.63, 3.8) is 0 Å². The summed E-state index contributed by atoms with van der Waals surface area (Å²) in [5.74, 6) is 0. The molecule has 1 heterocycles. The molecule has 3 heteroatoms. The van der Waals surface area contributed by atoms with Crippen LogP contribution in [0.5, 0.6) is 0 Å². The molecule has 1 rings (SSSR count). The molecule has 0 aliphatic carbocycles. The van der Waals surface area contributed by atoms with Crippen LogP contribution in [0.3, 0.4) is 0 Å². The Bertz CT molecular complexity index is 270. The Labute approximate surface area is 92.7 Å². The van der Waals surface area contributed by atoms with Crippen molar-refractivity contribution in [1.82, 2.24) is 5.32 Å². The number of rotatable bonds is 4. The number of thiophene rings is 1. The molecule has 1 aromatic heterocycles. The number of aryl methyl sites for hydroxylation is 1. The van der Waals surface area contributed by atoms with Gasteiger partial charge in [-0.25, -0.2) is 0 Å². The van der Waals surface area contributed by atoms with Crippen LogP contribution in [-0.2, 0) is 0 Å². The lowest BCUT2D eigenvalue weighted by atomic mass is 10.0. The van der Waals surface area contributed by atoms with Gasteiger partial charge in [0.25, 0.3) is 0 Å². The van der Waals surface area contributed by atoms with Gasteiger partial charge < -0.3 is 5.32 Å². The molecule has 13 heavy (non-hydrogen) atoms. The van der Waals surface area contributed by atoms with Crippen LogP contribution in [0, 0.1) is 6.92 Å². The van der Waals surface area contributed by atoms with Gasteiger partial charge in [0.2, 0.25) is 0 Å². The van der Waals surface area contributed by atoms with Gasteiger partial charge in [-0.1, -0.05) is 13.3 Å². The molecule has 74 valence electrons. The van der Waals surface area contributed by atoms with Crippen molar-refractivity contribution in [3.8, 4) is 0 Å². The second kappa shape index (κ2) is 5.13. The largest absolute Gasteiger partial charge is 0.313 e. The van der Waals surface area contributed by atoms with Gasteiger partial charge in [0, 0.05) is 10.9 Å². The monoisotopic (exact) mass is 261 g/mol. The van der Waals surface area contributed by atoms with Gasteiger partial charge in [-0.05, 0) is 48.0 Å². The minimum Gasteiger partial charge on any atom is -0.313 e. The fraction of sp³-hybridized carbons (Fsp3) is 0.600. The van der Waals surface area contributed by atoms with E-state index in [-0.39, 0.29) is 0 Å². The molecular formula is C10H16BrNS. The van der Waals surface area contributed by atoms with E-state index in [1.54, 1.807) is 0 Å². The average Bonchev–Trinajstić information content (AvgIpc) is 2.41. The molecule has 0 amide bonds. The Hall–Kier alpha value is 0.140. The summed E-state index contributed by atoms with van der Waals surface area (Å²) in [7, 11) is 2.03. The molecule has 0 bridgehead atoms. The molecule has 0 radical (unpaired) electrons. The number of hydrogen-bond donors (Lipinski definition) is 1. The lowest BCUT2D eigenvalue weighted by molar-refractivity contribution is 0.541. The molecular weight excluding hydrogens is 246 g/mol. The number of nitrogens with one attached hydrogen (secondary N) is 1. The van der Waals surface area contributed by atoms with Gasteiger partial charge >= 0.3 is 0 Å². The predicted molar refractivity (Wildman–Crippen MR) is 63.5 cm³/mol. The Morgan fingerprint density at radius 1 is 1.62 bits per heavy atom. The standard InChI is InChI=1S/C10H16BrNS/c1-4-5-9(12-3)8-6-10(11)13-7(8)2/h6,9,12H,4-5H2,1-3H3. The fourth-order valence-corrected chi connectivity index (χ4v) is 3.32. The third-order valence-electron chi connectivity index (χ3n) is 2.23. The number of halogens is 1. The molecule has 1 unspecified atom stereocenters. The van der Waals surface area contributed by atoms with Gasteiger partial charge in [-0.3, -0.25) is 0 Å². The van der Waals surface area contributed by atoms with Crippen LogP contribution in [-0.4, -0.2) is 7.05 Å². The summed E-state index contributed by atoms with van der Waals surface area (Å²) in [5.41, 5.74) is 1.45. The fourth-order valence-electron chi connectivity index (χ4n) is 1.55. The molecule has 1 N–H and O–H groups in total. The Morgan fingerprint density at radius 2 is 2.31 bits per heavy atom. The topological polar surface area (TPSA) is 12.0 Å². The van der Waals surface area contributed by atoms with Crippen LogP contribution in [0.2, 0.25) is 0 Å². The summed E-state index contributed by atoms with van der Waals surface area (Å²) >= 11 is 5.34. The first kappa shape index (κ1) is 11.2. The average molecular weight is 262 g/mol. The summed E-state index contributed by atoms with van der Waals surface area (Å²) in [4.78, 5) is 1.42. The summed E-state index contributed by atoms with van der Waals surface area (Å²) < 4.78 is 1.23. The van der Waals surface area contributed by atoms with Crippen molar-refractivity contribution in [1.29, 1.82) is 0 Å². The second-order valence-corrected chi connectivity index (χ2v) is 5.83. The summed E-state index contributed by atoms with van der Waals surface area (Å²) in [6.07, 6.45) is 2.43. The van der Waals surface area contributed by atoms with E-state index in [0.717, 1.165) is 0 Å². The maximum absolute atomic E-state index is 3.52. The molecule has 0 fully saturated rings. The van der Waals surface area contributed by atoms with E-state index >= 15 is 0 Å². The highest BCUT2D eigenvalue weighted by atomic mass is 79.9. The zero-order valence-corrected chi connectivity index (χ0v) is 10.8. The van der Waals surface area contributed by atoms with Crippen molar-refractivity contribution < 1.29 is 0 Å². The maximum atomic E-state index is 3.52. The smallest absolute Gasteiger partial charge is 0.0704 e. The zero-order valence-electron chi connectivity index (χ0n) is 8.36. The molecule has 0 aliphatic rings. The predicted octanol–water partition coefficient (Wildman–Crippen LogP) is 3.88. The summed E-state index contributed by atoms with van der Waals surface area (Å²) in [6, 6.07) is 2.75. The second-order valence-electron chi connectivity index (χ2n) is 3.19. The van der Waals surface area contributed by atoms with E-state index in [1.807, 2.05) is 18.4 Å². The highest BCUT2D eigenvalue weighted by Crippen LogP contribution is 2.32. The third kappa shape index (κ3) is 2.79. The normalized spacial score (nSPS) is 13.2. The van der Waals surface area contributed by atoms with Gasteiger partial charge in [-0.15, -0.1) is 11.3 Å². The van der Waals surface area contributed by atoms with Gasteiger partial charge in [-0.2, -0.15) is 0 Å². The van der Waals surface area contributed by atoms with Gasteiger partial charge in [0.05, 0.1) is 3.79 Å². The molecule has 1 atom stereocenters. The lowest BCUT2D eigenvalue weighted by Gasteiger charge is -2.14. The van der Waals surface area contributed by atoms with Crippen LogP contribution >= 0.6 is 27.3 Å². The van der Waals surface area contributed by atoms with Crippen molar-refractivity contribution >= 4 is 27.3 Å². The van der Waals surface area contributed by atoms with E-state index in [2.05, 4.69) is 41.2 Å². The zero-order chi connectivity index (χ0) is 9.84. The Morgan fingerprint density at radius 3 is 2.69 bits per heavy atom. The van der Waals surface area contributed by atoms with E-state index in [9.17, 15) is 0 Å². The molecule has 0 aromatic carbocycles. The summed E-state index contributed by atoms with van der Waals surface area (Å²) in [6.45, 7) is 4.41. The van der Waals surface area contributed by atoms with E-state index < -0.39 is 0 Å². The third-order valence-corrected chi connectivity index (χ3v) is 3.80. The first-order valence-electron chi connectivity index (χ1n) is 4.62.